The van der Waals surface area contributed by atoms with Crippen LogP contribution in [0.5, 0.6) is 0 Å². The van der Waals surface area contributed by atoms with Crippen LogP contribution < -0.4 is 10.2 Å². The third-order valence-corrected chi connectivity index (χ3v) is 5.36. The summed E-state index contributed by atoms with van der Waals surface area (Å²) in [4.78, 5) is 18.8. The quantitative estimate of drug-likeness (QED) is 0.907. The standard InChI is InChI=1S/C16H16ClN5OS/c1-10-4-2-6-19-14(10)20-15(23)11-5-3-7-22(9-11)16-12(8-18)13(17)21-24-16/h2,4,6,11H,3,5,7,9H2,1H3,(H,19,20,23)/t11-/m1/s1. The topological polar surface area (TPSA) is 81.9 Å². The van der Waals surface area contributed by atoms with Crippen LogP contribution in [0.1, 0.15) is 24.0 Å². The Morgan fingerprint density at radius 3 is 3.17 bits per heavy atom. The van der Waals surface area contributed by atoms with Crippen molar-refractivity contribution in [3.63, 3.8) is 0 Å². The molecule has 24 heavy (non-hydrogen) atoms. The van der Waals surface area contributed by atoms with Gasteiger partial charge in [0.2, 0.25) is 5.91 Å². The number of pyridine rings is 1. The van der Waals surface area contributed by atoms with Gasteiger partial charge in [0.1, 0.15) is 22.5 Å². The molecule has 1 amide bonds. The fourth-order valence-electron chi connectivity index (χ4n) is 2.78. The van der Waals surface area contributed by atoms with Crippen LogP contribution in [0.4, 0.5) is 10.8 Å². The van der Waals surface area contributed by atoms with Gasteiger partial charge in [0, 0.05) is 19.3 Å². The zero-order valence-corrected chi connectivity index (χ0v) is 14.7. The number of piperidine rings is 1. The lowest BCUT2D eigenvalue weighted by molar-refractivity contribution is -0.120. The SMILES string of the molecule is Cc1cccnc1NC(=O)[C@@H]1CCCN(c2snc(Cl)c2C#N)C1. The predicted molar refractivity (Wildman–Crippen MR) is 94.4 cm³/mol. The second kappa shape index (κ2) is 7.16. The summed E-state index contributed by atoms with van der Waals surface area (Å²) < 4.78 is 4.04. The molecule has 0 unspecified atom stereocenters. The first kappa shape index (κ1) is 16.7. The molecule has 0 spiro atoms. The average Bonchev–Trinajstić information content (AvgIpc) is 2.97. The first-order valence-electron chi connectivity index (χ1n) is 7.63. The predicted octanol–water partition coefficient (Wildman–Crippen LogP) is 3.23. The number of rotatable bonds is 3. The highest BCUT2D eigenvalue weighted by molar-refractivity contribution is 7.10. The van der Waals surface area contributed by atoms with E-state index in [2.05, 4.69) is 20.7 Å². The lowest BCUT2D eigenvalue weighted by Gasteiger charge is -2.32. The number of anilines is 2. The van der Waals surface area contributed by atoms with Crippen molar-refractivity contribution in [3.8, 4) is 6.07 Å². The number of aryl methyl sites for hydroxylation is 1. The highest BCUT2D eigenvalue weighted by Crippen LogP contribution is 2.34. The number of carbonyl (C=O) groups excluding carboxylic acids is 1. The Morgan fingerprint density at radius 1 is 1.58 bits per heavy atom. The molecule has 0 radical (unpaired) electrons. The summed E-state index contributed by atoms with van der Waals surface area (Å²) in [5, 5.41) is 13.1. The maximum Gasteiger partial charge on any atom is 0.230 e. The van der Waals surface area contributed by atoms with Crippen LogP contribution >= 0.6 is 23.1 Å². The molecule has 0 bridgehead atoms. The summed E-state index contributed by atoms with van der Waals surface area (Å²) in [6.07, 6.45) is 3.34. The number of nitriles is 1. The molecule has 0 aromatic carbocycles. The molecular formula is C16H16ClN5OS. The molecule has 6 nitrogen and oxygen atoms in total. The Bertz CT molecular complexity index is 800. The van der Waals surface area contributed by atoms with Gasteiger partial charge in [0.25, 0.3) is 0 Å². The molecule has 124 valence electrons. The molecule has 1 aliphatic heterocycles. The van der Waals surface area contributed by atoms with E-state index >= 15 is 0 Å². The van der Waals surface area contributed by atoms with Gasteiger partial charge in [0.15, 0.2) is 5.15 Å². The van der Waals surface area contributed by atoms with Crippen LogP contribution in [0.2, 0.25) is 5.15 Å². The Balaban J connectivity index is 1.72. The zero-order valence-electron chi connectivity index (χ0n) is 13.1. The van der Waals surface area contributed by atoms with Gasteiger partial charge < -0.3 is 10.2 Å². The number of hydrogen-bond acceptors (Lipinski definition) is 6. The fourth-order valence-corrected chi connectivity index (χ4v) is 3.85. The van der Waals surface area contributed by atoms with E-state index in [1.165, 1.54) is 11.5 Å². The lowest BCUT2D eigenvalue weighted by atomic mass is 9.97. The van der Waals surface area contributed by atoms with Crippen molar-refractivity contribution in [1.82, 2.24) is 9.36 Å². The Hall–Kier alpha value is -2.17. The third-order valence-electron chi connectivity index (χ3n) is 4.07. The molecule has 2 aromatic heterocycles. The van der Waals surface area contributed by atoms with Crippen LogP contribution in [0, 0.1) is 24.2 Å². The number of hydrogen-bond donors (Lipinski definition) is 1. The van der Waals surface area contributed by atoms with Crippen LogP contribution in [-0.4, -0.2) is 28.4 Å². The molecular weight excluding hydrogens is 346 g/mol. The van der Waals surface area contributed by atoms with Crippen LogP contribution in [0.15, 0.2) is 18.3 Å². The van der Waals surface area contributed by atoms with E-state index in [9.17, 15) is 10.1 Å². The summed E-state index contributed by atoms with van der Waals surface area (Å²) in [5.41, 5.74) is 1.32. The summed E-state index contributed by atoms with van der Waals surface area (Å²) in [5.74, 6) is 0.390. The minimum absolute atomic E-state index is 0.0457. The third kappa shape index (κ3) is 3.35. The van der Waals surface area contributed by atoms with Crippen molar-refractivity contribution in [2.24, 2.45) is 5.92 Å². The smallest absolute Gasteiger partial charge is 0.230 e. The van der Waals surface area contributed by atoms with E-state index in [0.29, 0.717) is 17.9 Å². The van der Waals surface area contributed by atoms with Gasteiger partial charge in [-0.05, 0) is 42.9 Å². The minimum Gasteiger partial charge on any atom is -0.360 e. The summed E-state index contributed by atoms with van der Waals surface area (Å²) >= 11 is 7.16. The van der Waals surface area contributed by atoms with E-state index in [4.69, 9.17) is 11.6 Å². The summed E-state index contributed by atoms with van der Waals surface area (Å²) in [6, 6.07) is 5.84. The first-order valence-corrected chi connectivity index (χ1v) is 8.78. The molecule has 8 heteroatoms. The average molecular weight is 362 g/mol. The fraction of sp³-hybridized carbons (Fsp3) is 0.375. The first-order chi connectivity index (χ1) is 11.6. The van der Waals surface area contributed by atoms with Crippen molar-refractivity contribution in [1.29, 1.82) is 5.26 Å². The van der Waals surface area contributed by atoms with Gasteiger partial charge >= 0.3 is 0 Å². The molecule has 1 saturated heterocycles. The Morgan fingerprint density at radius 2 is 2.42 bits per heavy atom. The highest BCUT2D eigenvalue weighted by atomic mass is 35.5. The van der Waals surface area contributed by atoms with E-state index in [-0.39, 0.29) is 17.0 Å². The summed E-state index contributed by atoms with van der Waals surface area (Å²) in [7, 11) is 0. The van der Waals surface area contributed by atoms with Crippen molar-refractivity contribution < 1.29 is 4.79 Å². The monoisotopic (exact) mass is 361 g/mol. The maximum atomic E-state index is 12.6. The maximum absolute atomic E-state index is 12.6. The number of amides is 1. The molecule has 3 heterocycles. The van der Waals surface area contributed by atoms with E-state index in [0.717, 1.165) is 30.0 Å². The van der Waals surface area contributed by atoms with E-state index in [1.807, 2.05) is 24.0 Å². The van der Waals surface area contributed by atoms with Gasteiger partial charge in [-0.15, -0.1) is 0 Å². The summed E-state index contributed by atoms with van der Waals surface area (Å²) in [6.45, 7) is 3.25. The molecule has 3 rings (SSSR count). The van der Waals surface area contributed by atoms with Gasteiger partial charge in [-0.25, -0.2) is 4.98 Å². The van der Waals surface area contributed by atoms with Gasteiger partial charge in [-0.2, -0.15) is 9.64 Å². The number of nitrogens with one attached hydrogen (secondary N) is 1. The van der Waals surface area contributed by atoms with Gasteiger partial charge in [-0.3, -0.25) is 4.79 Å². The van der Waals surface area contributed by atoms with Crippen molar-refractivity contribution in [2.75, 3.05) is 23.3 Å². The molecule has 1 aliphatic rings. The number of nitrogens with zero attached hydrogens (tertiary/aromatic N) is 4. The van der Waals surface area contributed by atoms with E-state index in [1.54, 1.807) is 6.20 Å². The molecule has 0 aliphatic carbocycles. The second-order valence-electron chi connectivity index (χ2n) is 5.71. The largest absolute Gasteiger partial charge is 0.360 e. The van der Waals surface area contributed by atoms with Crippen LogP contribution in [0.25, 0.3) is 0 Å². The van der Waals surface area contributed by atoms with Crippen molar-refractivity contribution in [3.05, 3.63) is 34.6 Å². The number of halogens is 1. The normalized spacial score (nSPS) is 17.4. The Kier molecular flexibility index (Phi) is 4.97. The lowest BCUT2D eigenvalue weighted by Crippen LogP contribution is -2.40. The van der Waals surface area contributed by atoms with Gasteiger partial charge in [-0.1, -0.05) is 17.7 Å². The molecule has 2 aromatic rings. The second-order valence-corrected chi connectivity index (χ2v) is 6.82. The zero-order chi connectivity index (χ0) is 17.1. The Labute approximate surface area is 149 Å². The molecule has 0 saturated carbocycles. The highest BCUT2D eigenvalue weighted by Gasteiger charge is 2.29. The molecule has 1 N–H and O–H groups in total. The number of aromatic nitrogens is 2. The molecule has 1 atom stereocenters. The molecule has 1 fully saturated rings. The van der Waals surface area contributed by atoms with E-state index < -0.39 is 0 Å². The van der Waals surface area contributed by atoms with Gasteiger partial charge in [0.05, 0.1) is 5.92 Å². The van der Waals surface area contributed by atoms with Crippen LogP contribution in [0.3, 0.4) is 0 Å². The van der Waals surface area contributed by atoms with Crippen LogP contribution in [-0.2, 0) is 4.79 Å². The minimum atomic E-state index is -0.160. The van der Waals surface area contributed by atoms with Crippen molar-refractivity contribution >= 4 is 39.9 Å². The number of carbonyl (C=O) groups is 1. The van der Waals surface area contributed by atoms with Crippen molar-refractivity contribution in [2.45, 2.75) is 19.8 Å².